The number of carbonyl (C=O) groups is 3. The molecule has 0 unspecified atom stereocenters. The van der Waals surface area contributed by atoms with E-state index in [1.54, 1.807) is 0 Å². The number of amides is 1. The fraction of sp³-hybridized carbons (Fsp3) is 0.357. The first-order valence-electron chi connectivity index (χ1n) is 12.1. The van der Waals surface area contributed by atoms with Gasteiger partial charge in [-0.15, -0.1) is 0 Å². The van der Waals surface area contributed by atoms with E-state index in [-0.39, 0.29) is 36.3 Å². The Morgan fingerprint density at radius 2 is 1.97 bits per heavy atom. The summed E-state index contributed by atoms with van der Waals surface area (Å²) in [7, 11) is 1.37. The topological polar surface area (TPSA) is 113 Å². The third kappa shape index (κ3) is 6.83. The van der Waals surface area contributed by atoms with E-state index >= 15 is 0 Å². The molecule has 0 radical (unpaired) electrons. The van der Waals surface area contributed by atoms with Crippen LogP contribution in [0.4, 0.5) is 0 Å². The van der Waals surface area contributed by atoms with E-state index in [0.717, 1.165) is 24.0 Å². The van der Waals surface area contributed by atoms with Gasteiger partial charge in [0.25, 0.3) is 5.91 Å². The first-order valence-corrected chi connectivity index (χ1v) is 12.1. The second-order valence-corrected chi connectivity index (χ2v) is 9.03. The average molecular weight is 507 g/mol. The maximum absolute atomic E-state index is 13.1. The molecule has 9 nitrogen and oxygen atoms in total. The number of hydrogen-bond donors (Lipinski definition) is 1. The number of nitrogens with zero attached hydrogens (tertiary/aromatic N) is 1. The lowest BCUT2D eigenvalue weighted by molar-refractivity contribution is -0.143. The lowest BCUT2D eigenvalue weighted by Gasteiger charge is -2.22. The molecule has 2 fully saturated rings. The predicted octanol–water partition coefficient (Wildman–Crippen LogP) is 3.40. The molecule has 4 rings (SSSR count). The van der Waals surface area contributed by atoms with Crippen LogP contribution in [0, 0.1) is 11.8 Å². The van der Waals surface area contributed by atoms with Crippen molar-refractivity contribution in [3.63, 3.8) is 0 Å². The van der Waals surface area contributed by atoms with Crippen LogP contribution < -0.4 is 14.8 Å². The van der Waals surface area contributed by atoms with Crippen molar-refractivity contribution in [2.45, 2.75) is 32.2 Å². The SMILES string of the molecule is C=C1OC(=O)[C@@H](NC(=O)c2nccc(OC)c2OC(C)=O)COC/C(=C/C2CC2)[C@H]1Cc1ccccc1. The van der Waals surface area contributed by atoms with E-state index in [4.69, 9.17) is 18.9 Å². The largest absolute Gasteiger partial charge is 0.493 e. The number of ether oxygens (including phenoxy) is 4. The monoisotopic (exact) mass is 506 g/mol. The number of allylic oxidation sites excluding steroid dienone is 2. The van der Waals surface area contributed by atoms with Crippen LogP contribution >= 0.6 is 0 Å². The highest BCUT2D eigenvalue weighted by atomic mass is 16.6. The van der Waals surface area contributed by atoms with Gasteiger partial charge >= 0.3 is 11.9 Å². The molecule has 1 aliphatic carbocycles. The average Bonchev–Trinajstić information content (AvgIpc) is 3.69. The molecule has 1 saturated carbocycles. The fourth-order valence-corrected chi connectivity index (χ4v) is 4.09. The van der Waals surface area contributed by atoms with Crippen molar-refractivity contribution in [1.82, 2.24) is 10.3 Å². The number of cyclic esters (lactones) is 1. The molecule has 1 saturated heterocycles. The number of methoxy groups -OCH3 is 1. The maximum atomic E-state index is 13.1. The number of rotatable bonds is 7. The van der Waals surface area contributed by atoms with Crippen LogP contribution in [0.2, 0.25) is 0 Å². The van der Waals surface area contributed by atoms with Gasteiger partial charge in [-0.1, -0.05) is 43.0 Å². The smallest absolute Gasteiger partial charge is 0.336 e. The number of pyridine rings is 1. The molecule has 0 spiro atoms. The lowest BCUT2D eigenvalue weighted by Crippen LogP contribution is -2.45. The molecule has 37 heavy (non-hydrogen) atoms. The summed E-state index contributed by atoms with van der Waals surface area (Å²) >= 11 is 0. The summed E-state index contributed by atoms with van der Waals surface area (Å²) in [5.41, 5.74) is 1.87. The van der Waals surface area contributed by atoms with Gasteiger partial charge in [-0.2, -0.15) is 0 Å². The second kappa shape index (κ2) is 11.8. The van der Waals surface area contributed by atoms with Crippen molar-refractivity contribution >= 4 is 17.8 Å². The predicted molar refractivity (Wildman–Crippen MR) is 134 cm³/mol. The highest BCUT2D eigenvalue weighted by Crippen LogP contribution is 2.36. The number of carbonyl (C=O) groups excluding carboxylic acids is 3. The Balaban J connectivity index is 1.55. The van der Waals surface area contributed by atoms with Crippen LogP contribution in [-0.4, -0.2) is 49.2 Å². The summed E-state index contributed by atoms with van der Waals surface area (Å²) in [6.07, 6.45) is 6.36. The van der Waals surface area contributed by atoms with Gasteiger partial charge in [0.2, 0.25) is 5.75 Å². The molecule has 0 bridgehead atoms. The molecular weight excluding hydrogens is 476 g/mol. The van der Waals surface area contributed by atoms with E-state index in [0.29, 0.717) is 18.1 Å². The van der Waals surface area contributed by atoms with Crippen molar-refractivity contribution < 1.29 is 33.3 Å². The number of nitrogens with one attached hydrogen (secondary N) is 1. The Labute approximate surface area is 215 Å². The molecule has 9 heteroatoms. The van der Waals surface area contributed by atoms with Gasteiger partial charge in [-0.25, -0.2) is 9.78 Å². The third-order valence-electron chi connectivity index (χ3n) is 6.11. The van der Waals surface area contributed by atoms with Crippen LogP contribution in [0.3, 0.4) is 0 Å². The quantitative estimate of drug-likeness (QED) is 0.449. The Kier molecular flexibility index (Phi) is 8.35. The maximum Gasteiger partial charge on any atom is 0.336 e. The van der Waals surface area contributed by atoms with Gasteiger partial charge < -0.3 is 24.3 Å². The van der Waals surface area contributed by atoms with Gasteiger partial charge in [0.15, 0.2) is 17.5 Å². The summed E-state index contributed by atoms with van der Waals surface area (Å²) in [5, 5.41) is 2.59. The highest BCUT2D eigenvalue weighted by molar-refractivity contribution is 5.98. The summed E-state index contributed by atoms with van der Waals surface area (Å²) in [5.74, 6) is -1.58. The Bertz CT molecular complexity index is 1200. The Morgan fingerprint density at radius 3 is 2.65 bits per heavy atom. The van der Waals surface area contributed by atoms with Crippen LogP contribution in [0.1, 0.15) is 35.8 Å². The van der Waals surface area contributed by atoms with E-state index in [9.17, 15) is 14.4 Å². The molecule has 2 heterocycles. The summed E-state index contributed by atoms with van der Waals surface area (Å²) in [6.45, 7) is 5.41. The zero-order valence-electron chi connectivity index (χ0n) is 20.9. The molecule has 1 N–H and O–H groups in total. The summed E-state index contributed by atoms with van der Waals surface area (Å²) < 4.78 is 21.9. The van der Waals surface area contributed by atoms with Gasteiger partial charge in [0.1, 0.15) is 5.76 Å². The molecule has 1 aromatic carbocycles. The van der Waals surface area contributed by atoms with Crippen LogP contribution in [0.5, 0.6) is 11.5 Å². The number of esters is 2. The number of hydrogen-bond acceptors (Lipinski definition) is 8. The fourth-order valence-electron chi connectivity index (χ4n) is 4.09. The molecule has 194 valence electrons. The second-order valence-electron chi connectivity index (χ2n) is 9.03. The number of benzene rings is 1. The summed E-state index contributed by atoms with van der Waals surface area (Å²) in [6, 6.07) is 10.2. The van der Waals surface area contributed by atoms with Crippen LogP contribution in [-0.2, 0) is 25.5 Å². The minimum atomic E-state index is -1.14. The van der Waals surface area contributed by atoms with Gasteiger partial charge in [-0.3, -0.25) is 9.59 Å². The number of aromatic nitrogens is 1. The Morgan fingerprint density at radius 1 is 1.22 bits per heavy atom. The molecule has 2 atom stereocenters. The molecule has 1 aliphatic heterocycles. The normalized spacial score (nSPS) is 21.3. The van der Waals surface area contributed by atoms with Crippen molar-refractivity contribution in [3.8, 4) is 11.5 Å². The van der Waals surface area contributed by atoms with Crippen molar-refractivity contribution in [1.29, 1.82) is 0 Å². The van der Waals surface area contributed by atoms with Crippen LogP contribution in [0.25, 0.3) is 0 Å². The molecule has 2 aromatic rings. The van der Waals surface area contributed by atoms with E-state index in [2.05, 4.69) is 23.0 Å². The van der Waals surface area contributed by atoms with E-state index in [1.165, 1.54) is 26.3 Å². The molecule has 1 amide bonds. The lowest BCUT2D eigenvalue weighted by atomic mass is 9.89. The van der Waals surface area contributed by atoms with E-state index < -0.39 is 23.9 Å². The third-order valence-corrected chi connectivity index (χ3v) is 6.11. The zero-order chi connectivity index (χ0) is 26.4. The van der Waals surface area contributed by atoms with Gasteiger partial charge in [0, 0.05) is 25.1 Å². The van der Waals surface area contributed by atoms with Crippen molar-refractivity contribution in [2.24, 2.45) is 11.8 Å². The molecule has 2 aliphatic rings. The molecular formula is C28H30N2O7. The van der Waals surface area contributed by atoms with Crippen molar-refractivity contribution in [3.05, 3.63) is 77.8 Å². The van der Waals surface area contributed by atoms with E-state index in [1.807, 2.05) is 30.3 Å². The summed E-state index contributed by atoms with van der Waals surface area (Å²) in [4.78, 5) is 41.8. The highest BCUT2D eigenvalue weighted by Gasteiger charge is 2.33. The zero-order valence-corrected chi connectivity index (χ0v) is 20.9. The van der Waals surface area contributed by atoms with Crippen molar-refractivity contribution in [2.75, 3.05) is 20.3 Å². The first kappa shape index (κ1) is 26.1. The van der Waals surface area contributed by atoms with Crippen LogP contribution in [0.15, 0.2) is 66.6 Å². The standard InChI is InChI=1S/C28H30N2O7/c1-17-22(14-19-7-5-4-6-8-19)21(13-20-9-10-20)15-35-16-23(28(33)36-17)30-27(32)25-26(37-18(2)31)24(34-3)11-12-29-25/h4-8,11-13,20,22-23H,1,9-10,14-16H2,2-3H3,(H,30,32)/b21-13-/t22-,23-/m0/s1. The first-order chi connectivity index (χ1) is 17.9. The van der Waals surface area contributed by atoms with Gasteiger partial charge in [-0.05, 0) is 36.3 Å². The molecule has 1 aromatic heterocycles. The van der Waals surface area contributed by atoms with Gasteiger partial charge in [0.05, 0.1) is 20.3 Å². The minimum Gasteiger partial charge on any atom is -0.493 e. The minimum absolute atomic E-state index is 0.120. The Hall–Kier alpha value is -3.98.